The Morgan fingerprint density at radius 2 is 1.92 bits per heavy atom. The van der Waals surface area contributed by atoms with Gasteiger partial charge >= 0.3 is 0 Å². The Morgan fingerprint density at radius 3 is 2.68 bits per heavy atom. The van der Waals surface area contributed by atoms with E-state index in [0.717, 1.165) is 43.2 Å². The summed E-state index contributed by atoms with van der Waals surface area (Å²) in [6, 6.07) is 9.97. The van der Waals surface area contributed by atoms with Crippen molar-refractivity contribution in [2.45, 2.75) is 13.6 Å². The zero-order valence-corrected chi connectivity index (χ0v) is 14.8. The molecular formula is C17H19N5O2S. The molecule has 0 spiro atoms. The van der Waals surface area contributed by atoms with Gasteiger partial charge in [0.1, 0.15) is 0 Å². The fraction of sp³-hybridized carbons (Fsp3) is 0.353. The molecule has 3 aromatic rings. The molecule has 0 saturated carbocycles. The maximum absolute atomic E-state index is 5.73. The second-order valence-corrected chi connectivity index (χ2v) is 6.28. The van der Waals surface area contributed by atoms with Gasteiger partial charge in [-0.2, -0.15) is 5.10 Å². The van der Waals surface area contributed by atoms with Crippen molar-refractivity contribution in [3.05, 3.63) is 47.1 Å². The predicted molar refractivity (Wildman–Crippen MR) is 95.0 cm³/mol. The lowest BCUT2D eigenvalue weighted by atomic mass is 10.2. The van der Waals surface area contributed by atoms with Crippen molar-refractivity contribution in [2.75, 3.05) is 26.3 Å². The van der Waals surface area contributed by atoms with Crippen molar-refractivity contribution in [1.82, 2.24) is 24.5 Å². The normalized spacial score (nSPS) is 15.6. The zero-order valence-electron chi connectivity index (χ0n) is 14.0. The van der Waals surface area contributed by atoms with Gasteiger partial charge in [-0.25, -0.2) is 9.36 Å². The lowest BCUT2D eigenvalue weighted by Gasteiger charge is -2.25. The second kappa shape index (κ2) is 6.91. The summed E-state index contributed by atoms with van der Waals surface area (Å²) in [5.41, 5.74) is 2.80. The van der Waals surface area contributed by atoms with E-state index in [4.69, 9.17) is 21.4 Å². The lowest BCUT2D eigenvalue weighted by Crippen LogP contribution is -2.37. The highest BCUT2D eigenvalue weighted by Gasteiger charge is 2.18. The summed E-state index contributed by atoms with van der Waals surface area (Å²) in [6.45, 7) is 5.82. The quantitative estimate of drug-likeness (QED) is 0.669. The molecule has 3 heterocycles. The Labute approximate surface area is 150 Å². The number of para-hydroxylation sites is 1. The molecule has 0 aliphatic carbocycles. The van der Waals surface area contributed by atoms with Crippen molar-refractivity contribution in [3.8, 4) is 17.1 Å². The summed E-state index contributed by atoms with van der Waals surface area (Å²) in [4.78, 5) is 2.61. The third-order valence-corrected chi connectivity index (χ3v) is 4.58. The molecule has 7 nitrogen and oxygen atoms in total. The van der Waals surface area contributed by atoms with Gasteiger partial charge in [-0.15, -0.1) is 5.10 Å². The number of hydrogen-bond donors (Lipinski definition) is 0. The SMILES string of the molecule is Cc1c(-c2nn(CN3CCOCC3)c(=S)o2)cnn1-c1ccccc1. The minimum Gasteiger partial charge on any atom is -0.409 e. The first-order valence-corrected chi connectivity index (χ1v) is 8.61. The number of benzene rings is 1. The van der Waals surface area contributed by atoms with Crippen molar-refractivity contribution in [2.24, 2.45) is 0 Å². The number of nitrogens with zero attached hydrogens (tertiary/aromatic N) is 5. The Bertz CT molecular complexity index is 909. The van der Waals surface area contributed by atoms with E-state index >= 15 is 0 Å². The van der Waals surface area contributed by atoms with Crippen molar-refractivity contribution in [1.29, 1.82) is 0 Å². The molecule has 4 rings (SSSR count). The van der Waals surface area contributed by atoms with E-state index in [0.29, 0.717) is 17.4 Å². The summed E-state index contributed by atoms with van der Waals surface area (Å²) in [6.07, 6.45) is 1.77. The van der Waals surface area contributed by atoms with E-state index < -0.39 is 0 Å². The molecule has 1 aliphatic rings. The Hall–Kier alpha value is -2.29. The molecule has 1 aliphatic heterocycles. The highest BCUT2D eigenvalue weighted by Crippen LogP contribution is 2.24. The summed E-state index contributed by atoms with van der Waals surface area (Å²) >= 11 is 5.33. The molecule has 130 valence electrons. The number of ether oxygens (including phenoxy) is 1. The van der Waals surface area contributed by atoms with E-state index in [2.05, 4.69) is 15.1 Å². The van der Waals surface area contributed by atoms with Crippen LogP contribution in [0.25, 0.3) is 17.1 Å². The fourth-order valence-electron chi connectivity index (χ4n) is 2.89. The molecule has 25 heavy (non-hydrogen) atoms. The molecule has 0 unspecified atom stereocenters. The van der Waals surface area contributed by atoms with E-state index in [1.807, 2.05) is 41.9 Å². The molecule has 1 fully saturated rings. The topological polar surface area (TPSA) is 61.3 Å². The Balaban J connectivity index is 1.61. The summed E-state index contributed by atoms with van der Waals surface area (Å²) in [5, 5.41) is 9.02. The minimum atomic E-state index is 0.369. The first kappa shape index (κ1) is 16.2. The van der Waals surface area contributed by atoms with Gasteiger partial charge in [0.15, 0.2) is 0 Å². The molecule has 0 amide bonds. The number of rotatable bonds is 4. The maximum Gasteiger partial charge on any atom is 0.288 e. The van der Waals surface area contributed by atoms with E-state index in [1.165, 1.54) is 0 Å². The van der Waals surface area contributed by atoms with Gasteiger partial charge in [-0.1, -0.05) is 18.2 Å². The summed E-state index contributed by atoms with van der Waals surface area (Å²) < 4.78 is 14.7. The second-order valence-electron chi connectivity index (χ2n) is 5.94. The Morgan fingerprint density at radius 1 is 1.16 bits per heavy atom. The highest BCUT2D eigenvalue weighted by atomic mass is 32.1. The van der Waals surface area contributed by atoms with Gasteiger partial charge in [0, 0.05) is 13.1 Å². The van der Waals surface area contributed by atoms with Crippen LogP contribution >= 0.6 is 12.2 Å². The van der Waals surface area contributed by atoms with Crippen molar-refractivity contribution < 1.29 is 9.15 Å². The fourth-order valence-corrected chi connectivity index (χ4v) is 3.06. The number of morpholine rings is 1. The van der Waals surface area contributed by atoms with Gasteiger partial charge in [0.25, 0.3) is 4.84 Å². The Kier molecular flexibility index (Phi) is 4.48. The monoisotopic (exact) mass is 357 g/mol. The van der Waals surface area contributed by atoms with Crippen LogP contribution < -0.4 is 0 Å². The molecule has 0 bridgehead atoms. The van der Waals surface area contributed by atoms with Crippen LogP contribution in [-0.4, -0.2) is 50.8 Å². The smallest absolute Gasteiger partial charge is 0.288 e. The third-order valence-electron chi connectivity index (χ3n) is 4.28. The van der Waals surface area contributed by atoms with Crippen LogP contribution in [0, 0.1) is 11.8 Å². The lowest BCUT2D eigenvalue weighted by molar-refractivity contribution is 0.0206. The first-order chi connectivity index (χ1) is 12.2. The van der Waals surface area contributed by atoms with Crippen LogP contribution in [0.5, 0.6) is 0 Å². The number of aromatic nitrogens is 4. The first-order valence-electron chi connectivity index (χ1n) is 8.21. The minimum absolute atomic E-state index is 0.369. The molecule has 8 heteroatoms. The maximum atomic E-state index is 5.73. The van der Waals surface area contributed by atoms with E-state index in [1.54, 1.807) is 10.9 Å². The van der Waals surface area contributed by atoms with E-state index in [9.17, 15) is 0 Å². The van der Waals surface area contributed by atoms with Crippen LogP contribution in [-0.2, 0) is 11.4 Å². The van der Waals surface area contributed by atoms with Crippen LogP contribution in [0.3, 0.4) is 0 Å². The zero-order chi connectivity index (χ0) is 17.2. The van der Waals surface area contributed by atoms with Crippen LogP contribution in [0.1, 0.15) is 5.69 Å². The number of hydrogen-bond acceptors (Lipinski definition) is 6. The summed E-state index contributed by atoms with van der Waals surface area (Å²) in [7, 11) is 0. The third kappa shape index (κ3) is 3.28. The molecule has 0 N–H and O–H groups in total. The summed E-state index contributed by atoms with van der Waals surface area (Å²) in [5.74, 6) is 0.498. The highest BCUT2D eigenvalue weighted by molar-refractivity contribution is 7.71. The van der Waals surface area contributed by atoms with Crippen LogP contribution in [0.15, 0.2) is 40.9 Å². The van der Waals surface area contributed by atoms with Crippen LogP contribution in [0.4, 0.5) is 0 Å². The van der Waals surface area contributed by atoms with E-state index in [-0.39, 0.29) is 0 Å². The van der Waals surface area contributed by atoms with Gasteiger partial charge < -0.3 is 9.15 Å². The molecule has 0 atom stereocenters. The molecule has 0 radical (unpaired) electrons. The van der Waals surface area contributed by atoms with Gasteiger partial charge in [-0.05, 0) is 31.3 Å². The van der Waals surface area contributed by atoms with Crippen molar-refractivity contribution >= 4 is 12.2 Å². The average Bonchev–Trinajstić information content (AvgIpc) is 3.19. The van der Waals surface area contributed by atoms with Crippen LogP contribution in [0.2, 0.25) is 0 Å². The molecule has 1 aromatic carbocycles. The molecule has 1 saturated heterocycles. The standard InChI is InChI=1S/C17H19N5O2S/c1-13-15(11-18-22(13)14-5-3-2-4-6-14)16-19-21(17(25)24-16)12-20-7-9-23-10-8-20/h2-6,11H,7-10,12H2,1H3. The predicted octanol–water partition coefficient (Wildman–Crippen LogP) is 2.66. The van der Waals surface area contributed by atoms with Gasteiger partial charge in [0.2, 0.25) is 5.89 Å². The largest absolute Gasteiger partial charge is 0.409 e. The van der Waals surface area contributed by atoms with Gasteiger partial charge in [0.05, 0.1) is 43.0 Å². The molecule has 2 aromatic heterocycles. The van der Waals surface area contributed by atoms with Crippen molar-refractivity contribution in [3.63, 3.8) is 0 Å². The molecular weight excluding hydrogens is 338 g/mol. The average molecular weight is 357 g/mol. The van der Waals surface area contributed by atoms with Gasteiger partial charge in [-0.3, -0.25) is 4.90 Å².